The second-order valence-electron chi connectivity index (χ2n) is 4.59. The summed E-state index contributed by atoms with van der Waals surface area (Å²) in [5.41, 5.74) is 3.21. The van der Waals surface area contributed by atoms with Gasteiger partial charge in [0.2, 0.25) is 0 Å². The van der Waals surface area contributed by atoms with Gasteiger partial charge < -0.3 is 0 Å². The van der Waals surface area contributed by atoms with Crippen LogP contribution in [0.1, 0.15) is 21.5 Å². The van der Waals surface area contributed by atoms with Crippen molar-refractivity contribution in [3.05, 3.63) is 73.2 Å². The van der Waals surface area contributed by atoms with Gasteiger partial charge in [-0.25, -0.2) is 5.43 Å². The maximum Gasteiger partial charge on any atom is 0.273 e. The normalized spacial score (nSPS) is 10.7. The van der Waals surface area contributed by atoms with Gasteiger partial charge in [0.1, 0.15) is 0 Å². The van der Waals surface area contributed by atoms with Gasteiger partial charge in [-0.15, -0.1) is 0 Å². The Hall–Kier alpha value is -2.44. The molecule has 2 aromatic rings. The lowest BCUT2D eigenvalue weighted by Gasteiger charge is -2.03. The summed E-state index contributed by atoms with van der Waals surface area (Å²) in [5, 5.41) is 15.4. The van der Waals surface area contributed by atoms with Gasteiger partial charge in [-0.2, -0.15) is 5.10 Å². The SMILES string of the molecule is Cc1ccc(C(=O)NN=Cc2c(Cl)cccc2Cl)cc1[N+](=O)[O-]. The van der Waals surface area contributed by atoms with Gasteiger partial charge >= 0.3 is 0 Å². The monoisotopic (exact) mass is 351 g/mol. The number of nitro groups is 1. The number of aryl methyl sites for hydroxylation is 1. The molecule has 2 rings (SSSR count). The highest BCUT2D eigenvalue weighted by molar-refractivity contribution is 6.38. The summed E-state index contributed by atoms with van der Waals surface area (Å²) in [6.07, 6.45) is 1.31. The molecule has 6 nitrogen and oxygen atoms in total. The number of carbonyl (C=O) groups excluding carboxylic acids is 1. The molecule has 0 heterocycles. The van der Waals surface area contributed by atoms with E-state index in [0.29, 0.717) is 21.2 Å². The van der Waals surface area contributed by atoms with Crippen LogP contribution in [0.3, 0.4) is 0 Å². The molecule has 1 amide bonds. The summed E-state index contributed by atoms with van der Waals surface area (Å²) in [6.45, 7) is 1.59. The molecule has 23 heavy (non-hydrogen) atoms. The molecule has 0 aliphatic rings. The Morgan fingerprint density at radius 2 is 1.91 bits per heavy atom. The fourth-order valence-corrected chi connectivity index (χ4v) is 2.30. The Kier molecular flexibility index (Phi) is 5.31. The molecule has 0 fully saturated rings. The van der Waals surface area contributed by atoms with Crippen molar-refractivity contribution in [3.63, 3.8) is 0 Å². The lowest BCUT2D eigenvalue weighted by Crippen LogP contribution is -2.18. The fraction of sp³-hybridized carbons (Fsp3) is 0.0667. The van der Waals surface area contributed by atoms with Crippen molar-refractivity contribution in [3.8, 4) is 0 Å². The first-order valence-electron chi connectivity index (χ1n) is 6.42. The van der Waals surface area contributed by atoms with Crippen LogP contribution in [0, 0.1) is 17.0 Å². The van der Waals surface area contributed by atoms with Gasteiger partial charge in [0.15, 0.2) is 0 Å². The van der Waals surface area contributed by atoms with Crippen LogP contribution in [0.15, 0.2) is 41.5 Å². The van der Waals surface area contributed by atoms with Crippen molar-refractivity contribution in [2.75, 3.05) is 0 Å². The van der Waals surface area contributed by atoms with E-state index in [1.807, 2.05) is 0 Å². The van der Waals surface area contributed by atoms with Crippen LogP contribution in [0.25, 0.3) is 0 Å². The number of halogens is 2. The van der Waals surface area contributed by atoms with Crippen LogP contribution >= 0.6 is 23.2 Å². The number of carbonyl (C=O) groups is 1. The van der Waals surface area contributed by atoms with Crippen molar-refractivity contribution in [2.24, 2.45) is 5.10 Å². The van der Waals surface area contributed by atoms with Crippen molar-refractivity contribution < 1.29 is 9.72 Å². The van der Waals surface area contributed by atoms with E-state index in [0.717, 1.165) is 0 Å². The van der Waals surface area contributed by atoms with E-state index in [-0.39, 0.29) is 11.3 Å². The second kappa shape index (κ2) is 7.21. The molecule has 1 N–H and O–H groups in total. The van der Waals surface area contributed by atoms with Crippen molar-refractivity contribution in [2.45, 2.75) is 6.92 Å². The lowest BCUT2D eigenvalue weighted by molar-refractivity contribution is -0.385. The summed E-state index contributed by atoms with van der Waals surface area (Å²) in [4.78, 5) is 22.3. The number of nitro benzene ring substituents is 1. The zero-order valence-corrected chi connectivity index (χ0v) is 13.4. The van der Waals surface area contributed by atoms with Crippen LogP contribution in [0.2, 0.25) is 10.0 Å². The fourth-order valence-electron chi connectivity index (χ4n) is 1.80. The molecule has 0 bridgehead atoms. The van der Waals surface area contributed by atoms with E-state index in [4.69, 9.17) is 23.2 Å². The van der Waals surface area contributed by atoms with Crippen LogP contribution in [0.4, 0.5) is 5.69 Å². The summed E-state index contributed by atoms with van der Waals surface area (Å²) < 4.78 is 0. The topological polar surface area (TPSA) is 84.6 Å². The predicted molar refractivity (Wildman–Crippen MR) is 89.4 cm³/mol. The van der Waals surface area contributed by atoms with Crippen molar-refractivity contribution in [1.82, 2.24) is 5.43 Å². The Bertz CT molecular complexity index is 786. The smallest absolute Gasteiger partial charge is 0.267 e. The Balaban J connectivity index is 2.15. The first-order valence-corrected chi connectivity index (χ1v) is 7.18. The highest BCUT2D eigenvalue weighted by Gasteiger charge is 2.14. The van der Waals surface area contributed by atoms with Gasteiger partial charge in [-0.3, -0.25) is 14.9 Å². The molecular weight excluding hydrogens is 341 g/mol. The third kappa shape index (κ3) is 4.06. The van der Waals surface area contributed by atoms with E-state index in [1.54, 1.807) is 25.1 Å². The highest BCUT2D eigenvalue weighted by Crippen LogP contribution is 2.22. The molecule has 0 unspecified atom stereocenters. The summed E-state index contributed by atoms with van der Waals surface area (Å²) >= 11 is 11.9. The van der Waals surface area contributed by atoms with Gasteiger partial charge in [0, 0.05) is 22.8 Å². The number of hydrazone groups is 1. The Morgan fingerprint density at radius 1 is 1.26 bits per heavy atom. The third-order valence-corrected chi connectivity index (χ3v) is 3.69. The number of amides is 1. The Morgan fingerprint density at radius 3 is 2.52 bits per heavy atom. The van der Waals surface area contributed by atoms with E-state index < -0.39 is 10.8 Å². The third-order valence-electron chi connectivity index (χ3n) is 3.03. The lowest BCUT2D eigenvalue weighted by atomic mass is 10.1. The maximum absolute atomic E-state index is 12.0. The highest BCUT2D eigenvalue weighted by atomic mass is 35.5. The van der Waals surface area contributed by atoms with Crippen LogP contribution in [0.5, 0.6) is 0 Å². The zero-order valence-electron chi connectivity index (χ0n) is 11.9. The van der Waals surface area contributed by atoms with E-state index in [2.05, 4.69) is 10.5 Å². The molecule has 0 saturated carbocycles. The average molecular weight is 352 g/mol. The molecule has 0 aliphatic carbocycles. The molecule has 0 spiro atoms. The van der Waals surface area contributed by atoms with Gasteiger partial charge in [0.25, 0.3) is 11.6 Å². The number of rotatable bonds is 4. The molecule has 8 heteroatoms. The first-order chi connectivity index (χ1) is 10.9. The van der Waals surface area contributed by atoms with Gasteiger partial charge in [-0.05, 0) is 25.1 Å². The first kappa shape index (κ1) is 16.9. The number of benzene rings is 2. The summed E-state index contributed by atoms with van der Waals surface area (Å²) in [7, 11) is 0. The zero-order chi connectivity index (χ0) is 17.0. The summed E-state index contributed by atoms with van der Waals surface area (Å²) in [6, 6.07) is 9.14. The standard InChI is InChI=1S/C15H11Cl2N3O3/c1-9-5-6-10(7-14(9)20(22)23)15(21)19-18-8-11-12(16)3-2-4-13(11)17/h2-8H,1H3,(H,19,21). The van der Waals surface area contributed by atoms with Crippen LogP contribution in [-0.4, -0.2) is 17.0 Å². The minimum Gasteiger partial charge on any atom is -0.267 e. The summed E-state index contributed by atoms with van der Waals surface area (Å²) in [5.74, 6) is -0.576. The minimum atomic E-state index is -0.576. The number of nitrogens with one attached hydrogen (secondary N) is 1. The quantitative estimate of drug-likeness (QED) is 0.513. The molecule has 118 valence electrons. The maximum atomic E-state index is 12.0. The van der Waals surface area contributed by atoms with Crippen molar-refractivity contribution >= 4 is 41.0 Å². The van der Waals surface area contributed by atoms with Crippen molar-refractivity contribution in [1.29, 1.82) is 0 Å². The second-order valence-corrected chi connectivity index (χ2v) is 5.41. The minimum absolute atomic E-state index is 0.129. The molecule has 0 aromatic heterocycles. The average Bonchev–Trinajstić information content (AvgIpc) is 2.50. The van der Waals surface area contributed by atoms with E-state index >= 15 is 0 Å². The van der Waals surface area contributed by atoms with E-state index in [1.165, 1.54) is 24.4 Å². The van der Waals surface area contributed by atoms with Gasteiger partial charge in [-0.1, -0.05) is 35.3 Å². The number of hydrogen-bond donors (Lipinski definition) is 1. The van der Waals surface area contributed by atoms with E-state index in [9.17, 15) is 14.9 Å². The Labute approximate surface area is 141 Å². The van der Waals surface area contributed by atoms with Crippen LogP contribution < -0.4 is 5.43 Å². The number of nitrogens with zero attached hydrogens (tertiary/aromatic N) is 2. The molecule has 0 saturated heterocycles. The molecular formula is C15H11Cl2N3O3. The van der Waals surface area contributed by atoms with Crippen LogP contribution in [-0.2, 0) is 0 Å². The molecule has 0 aliphatic heterocycles. The molecule has 0 radical (unpaired) electrons. The number of hydrogen-bond acceptors (Lipinski definition) is 4. The molecule has 2 aromatic carbocycles. The largest absolute Gasteiger partial charge is 0.273 e. The predicted octanol–water partition coefficient (Wildman–Crippen LogP) is 3.97. The van der Waals surface area contributed by atoms with Gasteiger partial charge in [0.05, 0.1) is 21.2 Å². The molecule has 0 atom stereocenters.